The maximum Gasteiger partial charge on any atom is 0.238 e. The predicted molar refractivity (Wildman–Crippen MR) is 82.7 cm³/mol. The van der Waals surface area contributed by atoms with E-state index in [9.17, 15) is 10.1 Å². The van der Waals surface area contributed by atoms with Crippen molar-refractivity contribution >= 4 is 5.91 Å². The monoisotopic (exact) mass is 292 g/mol. The minimum absolute atomic E-state index is 0.0170. The number of nitrogens with one attached hydrogen (secondary N) is 1. The summed E-state index contributed by atoms with van der Waals surface area (Å²) in [5.41, 5.74) is -0.616. The van der Waals surface area contributed by atoms with E-state index < -0.39 is 5.54 Å². The number of hydrogen-bond donors (Lipinski definition) is 1. The van der Waals surface area contributed by atoms with Gasteiger partial charge in [0.05, 0.1) is 12.1 Å². The Balaban J connectivity index is 1.89. The molecule has 0 spiro atoms. The largest absolute Gasteiger partial charge is 0.336 e. The summed E-state index contributed by atoms with van der Waals surface area (Å²) in [4.78, 5) is 17.1. The van der Waals surface area contributed by atoms with Gasteiger partial charge in [-0.25, -0.2) is 0 Å². The van der Waals surface area contributed by atoms with Crippen molar-refractivity contribution in [3.63, 3.8) is 0 Å². The summed E-state index contributed by atoms with van der Waals surface area (Å²) in [6.45, 7) is 9.13. The lowest BCUT2D eigenvalue weighted by atomic mass is 9.82. The Morgan fingerprint density at radius 3 is 2.38 bits per heavy atom. The molecule has 2 rings (SSSR count). The lowest BCUT2D eigenvalue weighted by molar-refractivity contribution is -0.128. The van der Waals surface area contributed by atoms with Gasteiger partial charge in [0.2, 0.25) is 5.91 Å². The van der Waals surface area contributed by atoms with Crippen molar-refractivity contribution in [3.8, 4) is 6.07 Å². The van der Waals surface area contributed by atoms with E-state index in [1.165, 1.54) is 6.42 Å². The van der Waals surface area contributed by atoms with Gasteiger partial charge in [0, 0.05) is 26.2 Å². The summed E-state index contributed by atoms with van der Waals surface area (Å²) in [5.74, 6) is 0.0170. The molecule has 1 N–H and O–H groups in total. The van der Waals surface area contributed by atoms with Crippen LogP contribution < -0.4 is 5.32 Å². The summed E-state index contributed by atoms with van der Waals surface area (Å²) in [6, 6.07) is 2.22. The summed E-state index contributed by atoms with van der Waals surface area (Å²) in [6.07, 6.45) is 4.85. The third-order valence-corrected chi connectivity index (χ3v) is 5.06. The molecule has 1 saturated carbocycles. The quantitative estimate of drug-likeness (QED) is 0.850. The molecule has 1 unspecified atom stereocenters. The van der Waals surface area contributed by atoms with E-state index in [4.69, 9.17) is 0 Å². The maximum atomic E-state index is 12.5. The van der Waals surface area contributed by atoms with Crippen LogP contribution in [0.2, 0.25) is 0 Å². The van der Waals surface area contributed by atoms with E-state index in [-0.39, 0.29) is 11.9 Å². The van der Waals surface area contributed by atoms with Crippen molar-refractivity contribution < 1.29 is 4.79 Å². The highest BCUT2D eigenvalue weighted by Gasteiger charge is 2.36. The van der Waals surface area contributed by atoms with Crippen LogP contribution in [0.15, 0.2) is 0 Å². The van der Waals surface area contributed by atoms with E-state index in [0.717, 1.165) is 58.4 Å². The van der Waals surface area contributed by atoms with Gasteiger partial charge >= 0.3 is 0 Å². The van der Waals surface area contributed by atoms with Gasteiger partial charge in [0.1, 0.15) is 5.54 Å². The Kier molecular flexibility index (Phi) is 5.60. The molecule has 118 valence electrons. The summed E-state index contributed by atoms with van der Waals surface area (Å²) < 4.78 is 0. The zero-order valence-corrected chi connectivity index (χ0v) is 13.4. The molecule has 0 bridgehead atoms. The second-order valence-electron chi connectivity index (χ2n) is 6.39. The molecule has 5 heteroatoms. The second kappa shape index (κ2) is 7.24. The Hall–Kier alpha value is -1.12. The number of piperazine rings is 1. The first kappa shape index (κ1) is 16.3. The molecule has 1 aliphatic heterocycles. The minimum atomic E-state index is -0.616. The number of nitrogens with zero attached hydrogens (tertiary/aromatic N) is 3. The third kappa shape index (κ3) is 3.96. The molecular formula is C16H28N4O. The van der Waals surface area contributed by atoms with Crippen molar-refractivity contribution in [2.24, 2.45) is 0 Å². The van der Waals surface area contributed by atoms with Gasteiger partial charge in [0.15, 0.2) is 0 Å². The molecule has 1 atom stereocenters. The normalized spacial score (nSPS) is 25.0. The smallest absolute Gasteiger partial charge is 0.238 e. The fourth-order valence-corrected chi connectivity index (χ4v) is 3.39. The first-order chi connectivity index (χ1) is 10.1. The molecule has 1 amide bonds. The average molecular weight is 292 g/mol. The van der Waals surface area contributed by atoms with Gasteiger partial charge in [-0.15, -0.1) is 0 Å². The lowest BCUT2D eigenvalue weighted by Gasteiger charge is -2.39. The van der Waals surface area contributed by atoms with Crippen LogP contribution >= 0.6 is 0 Å². The first-order valence-corrected chi connectivity index (χ1v) is 8.30. The Morgan fingerprint density at radius 2 is 1.86 bits per heavy atom. The molecule has 2 aliphatic rings. The van der Waals surface area contributed by atoms with Crippen LogP contribution in [0.25, 0.3) is 0 Å². The standard InChI is InChI=1S/C16H28N4O/c1-3-19-9-11-20(12-10-19)14(2)15(21)18-16(13-17)7-5-4-6-8-16/h14H,3-12H2,1-2H3,(H,18,21). The third-order valence-electron chi connectivity index (χ3n) is 5.06. The molecule has 2 fully saturated rings. The SMILES string of the molecule is CCN1CCN(C(C)C(=O)NC2(C#N)CCCCC2)CC1. The van der Waals surface area contributed by atoms with E-state index in [0.29, 0.717) is 0 Å². The zero-order chi connectivity index (χ0) is 15.3. The zero-order valence-electron chi connectivity index (χ0n) is 13.4. The topological polar surface area (TPSA) is 59.4 Å². The number of nitriles is 1. The van der Waals surface area contributed by atoms with Crippen LogP contribution in [-0.4, -0.2) is 60.0 Å². The number of carbonyl (C=O) groups excluding carboxylic acids is 1. The molecule has 1 heterocycles. The van der Waals surface area contributed by atoms with E-state index in [1.807, 2.05) is 6.92 Å². The molecule has 5 nitrogen and oxygen atoms in total. The first-order valence-electron chi connectivity index (χ1n) is 8.30. The van der Waals surface area contributed by atoms with Gasteiger partial charge in [-0.2, -0.15) is 5.26 Å². The van der Waals surface area contributed by atoms with Crippen molar-refractivity contribution in [1.29, 1.82) is 5.26 Å². The van der Waals surface area contributed by atoms with Crippen LogP contribution in [0.5, 0.6) is 0 Å². The summed E-state index contributed by atoms with van der Waals surface area (Å²) in [5, 5.41) is 12.5. The van der Waals surface area contributed by atoms with Crippen molar-refractivity contribution in [3.05, 3.63) is 0 Å². The van der Waals surface area contributed by atoms with Crippen LogP contribution in [0.4, 0.5) is 0 Å². The van der Waals surface area contributed by atoms with Crippen LogP contribution in [0.1, 0.15) is 46.0 Å². The van der Waals surface area contributed by atoms with E-state index >= 15 is 0 Å². The molecule has 0 radical (unpaired) electrons. The van der Waals surface area contributed by atoms with Crippen molar-refractivity contribution in [2.75, 3.05) is 32.7 Å². The minimum Gasteiger partial charge on any atom is -0.336 e. The number of carbonyl (C=O) groups is 1. The Bertz CT molecular complexity index is 390. The molecule has 1 saturated heterocycles. The number of hydrogen-bond acceptors (Lipinski definition) is 4. The van der Waals surface area contributed by atoms with Gasteiger partial charge in [-0.05, 0) is 26.3 Å². The molecule has 1 aliphatic carbocycles. The van der Waals surface area contributed by atoms with E-state index in [1.54, 1.807) is 0 Å². The van der Waals surface area contributed by atoms with Gasteiger partial charge < -0.3 is 10.2 Å². The van der Waals surface area contributed by atoms with Crippen molar-refractivity contribution in [1.82, 2.24) is 15.1 Å². The Labute approximate surface area is 128 Å². The van der Waals surface area contributed by atoms with Gasteiger partial charge in [0.25, 0.3) is 0 Å². The van der Waals surface area contributed by atoms with Crippen LogP contribution in [-0.2, 0) is 4.79 Å². The van der Waals surface area contributed by atoms with E-state index in [2.05, 4.69) is 28.1 Å². The lowest BCUT2D eigenvalue weighted by Crippen LogP contribution is -2.58. The average Bonchev–Trinajstić information content (AvgIpc) is 2.55. The molecule has 0 aromatic heterocycles. The predicted octanol–water partition coefficient (Wildman–Crippen LogP) is 1.36. The molecular weight excluding hydrogens is 264 g/mol. The van der Waals surface area contributed by atoms with Gasteiger partial charge in [-0.1, -0.05) is 26.2 Å². The molecule has 0 aromatic rings. The van der Waals surface area contributed by atoms with Crippen LogP contribution in [0, 0.1) is 11.3 Å². The second-order valence-corrected chi connectivity index (χ2v) is 6.39. The molecule has 21 heavy (non-hydrogen) atoms. The highest BCUT2D eigenvalue weighted by molar-refractivity contribution is 5.82. The fourth-order valence-electron chi connectivity index (χ4n) is 3.39. The maximum absolute atomic E-state index is 12.5. The highest BCUT2D eigenvalue weighted by atomic mass is 16.2. The summed E-state index contributed by atoms with van der Waals surface area (Å²) in [7, 11) is 0. The van der Waals surface area contributed by atoms with Crippen LogP contribution in [0.3, 0.4) is 0 Å². The molecule has 0 aromatic carbocycles. The Morgan fingerprint density at radius 1 is 1.24 bits per heavy atom. The number of amides is 1. The fraction of sp³-hybridized carbons (Fsp3) is 0.875. The number of rotatable bonds is 4. The highest BCUT2D eigenvalue weighted by Crippen LogP contribution is 2.27. The van der Waals surface area contributed by atoms with Crippen molar-refractivity contribution in [2.45, 2.75) is 57.5 Å². The summed E-state index contributed by atoms with van der Waals surface area (Å²) >= 11 is 0. The van der Waals surface area contributed by atoms with Gasteiger partial charge in [-0.3, -0.25) is 9.69 Å². The number of likely N-dealkylation sites (N-methyl/N-ethyl adjacent to an activating group) is 1.